The Bertz CT molecular complexity index is 2850. The summed E-state index contributed by atoms with van der Waals surface area (Å²) in [6.45, 7) is 8.97. The van der Waals surface area contributed by atoms with Crippen molar-refractivity contribution < 1.29 is 4.42 Å². The van der Waals surface area contributed by atoms with Crippen LogP contribution in [0.3, 0.4) is 0 Å². The number of benzene rings is 8. The van der Waals surface area contributed by atoms with Crippen LogP contribution < -0.4 is 4.90 Å². The number of fused-ring (bicyclic) bond motifs is 9. The number of para-hydroxylation sites is 2. The van der Waals surface area contributed by atoms with E-state index in [2.05, 4.69) is 172 Å². The molecule has 1 aliphatic rings. The molecule has 10 rings (SSSR count). The van der Waals surface area contributed by atoms with Gasteiger partial charge in [0.1, 0.15) is 11.2 Å². The van der Waals surface area contributed by atoms with Crippen molar-refractivity contribution in [2.45, 2.75) is 33.1 Å². The quantitative estimate of drug-likeness (QED) is 0.188. The zero-order chi connectivity index (χ0) is 34.4. The molecule has 0 N–H and O–H groups in total. The van der Waals surface area contributed by atoms with Crippen LogP contribution in [0.2, 0.25) is 0 Å². The molecule has 0 atom stereocenters. The maximum Gasteiger partial charge on any atom is 0.137 e. The lowest BCUT2D eigenvalue weighted by Gasteiger charge is -2.28. The Labute approximate surface area is 298 Å². The smallest absolute Gasteiger partial charge is 0.137 e. The summed E-state index contributed by atoms with van der Waals surface area (Å²) in [5.41, 5.74) is 15.7. The molecule has 8 aromatic carbocycles. The molecule has 1 aromatic heterocycles. The van der Waals surface area contributed by atoms with Gasteiger partial charge in [0.25, 0.3) is 0 Å². The monoisotopic (exact) mass is 655 g/mol. The Balaban J connectivity index is 1.06. The first-order valence-corrected chi connectivity index (χ1v) is 17.8. The van der Waals surface area contributed by atoms with E-state index >= 15 is 0 Å². The average Bonchev–Trinajstić information content (AvgIpc) is 3.52. The summed E-state index contributed by atoms with van der Waals surface area (Å²) in [4.78, 5) is 2.36. The predicted molar refractivity (Wildman–Crippen MR) is 217 cm³/mol. The van der Waals surface area contributed by atoms with Crippen LogP contribution in [0.25, 0.3) is 76.9 Å². The van der Waals surface area contributed by atoms with Crippen LogP contribution >= 0.6 is 0 Å². The molecule has 244 valence electrons. The second-order valence-corrected chi connectivity index (χ2v) is 15.1. The average molecular weight is 656 g/mol. The largest absolute Gasteiger partial charge is 0.456 e. The number of hydrogen-bond acceptors (Lipinski definition) is 2. The van der Waals surface area contributed by atoms with Crippen molar-refractivity contribution in [1.29, 1.82) is 0 Å². The molecule has 0 saturated heterocycles. The molecule has 2 heteroatoms. The van der Waals surface area contributed by atoms with Gasteiger partial charge in [-0.2, -0.15) is 0 Å². The Morgan fingerprint density at radius 3 is 1.75 bits per heavy atom. The van der Waals surface area contributed by atoms with Crippen LogP contribution in [-0.2, 0) is 5.41 Å². The minimum Gasteiger partial charge on any atom is -0.456 e. The Morgan fingerprint density at radius 1 is 0.451 bits per heavy atom. The first-order valence-electron chi connectivity index (χ1n) is 17.8. The minimum absolute atomic E-state index is 0.144. The number of rotatable bonds is 4. The van der Waals surface area contributed by atoms with Crippen molar-refractivity contribution in [2.75, 3.05) is 4.90 Å². The van der Waals surface area contributed by atoms with Gasteiger partial charge in [-0.1, -0.05) is 99.6 Å². The van der Waals surface area contributed by atoms with Gasteiger partial charge in [-0.15, -0.1) is 0 Å². The highest BCUT2D eigenvalue weighted by Crippen LogP contribution is 2.51. The zero-order valence-electron chi connectivity index (χ0n) is 29.3. The Kier molecular flexibility index (Phi) is 6.38. The highest BCUT2D eigenvalue weighted by atomic mass is 16.3. The molecule has 0 saturated carbocycles. The van der Waals surface area contributed by atoms with E-state index in [0.29, 0.717) is 0 Å². The fourth-order valence-corrected chi connectivity index (χ4v) is 7.99. The summed E-state index contributed by atoms with van der Waals surface area (Å²) < 4.78 is 6.34. The highest BCUT2D eigenvalue weighted by Gasteiger charge is 2.25. The normalized spacial score (nSPS) is 12.3. The SMILES string of the molecule is Cc1ccccc1N(c1ccc2cc3c(cc2c1)-c1cc2cc(-c4ccc(C(C)(C)C)cc4)ccc2cc1-3)c1ccc2c(c1)oc1ccccc12. The van der Waals surface area contributed by atoms with Gasteiger partial charge in [-0.3, -0.25) is 0 Å². The lowest BCUT2D eigenvalue weighted by molar-refractivity contribution is 0.590. The molecule has 0 spiro atoms. The molecule has 9 aromatic rings. The van der Waals surface area contributed by atoms with E-state index in [1.165, 1.54) is 66.1 Å². The molecule has 0 radical (unpaired) electrons. The maximum absolute atomic E-state index is 6.34. The van der Waals surface area contributed by atoms with E-state index in [1.807, 2.05) is 12.1 Å². The summed E-state index contributed by atoms with van der Waals surface area (Å²) in [6, 6.07) is 55.8. The van der Waals surface area contributed by atoms with Crippen molar-refractivity contribution >= 4 is 60.5 Å². The van der Waals surface area contributed by atoms with Crippen LogP contribution in [0.15, 0.2) is 156 Å². The topological polar surface area (TPSA) is 16.4 Å². The summed E-state index contributed by atoms with van der Waals surface area (Å²) in [5, 5.41) is 7.30. The van der Waals surface area contributed by atoms with Gasteiger partial charge in [0.15, 0.2) is 0 Å². The second kappa shape index (κ2) is 10.9. The van der Waals surface area contributed by atoms with E-state index in [0.717, 1.165) is 39.0 Å². The van der Waals surface area contributed by atoms with Gasteiger partial charge in [0.2, 0.25) is 0 Å². The standard InChI is InChI=1S/C49H37NO/c1-30-9-5-7-11-46(30)50(39-21-22-41-40-10-6-8-12-47(40)51-48(41)29-39)38-20-17-34-26-43-42-25-33-14-13-32(31-15-18-37(19-16-31)49(2,3)4)23-35(33)27-44(42)45(43)28-36(34)24-38/h5-29H,1-4H3. The van der Waals surface area contributed by atoms with Gasteiger partial charge in [0, 0.05) is 33.9 Å². The molecule has 1 aliphatic carbocycles. The number of aryl methyl sites for hydroxylation is 1. The molecule has 0 fully saturated rings. The lowest BCUT2D eigenvalue weighted by Crippen LogP contribution is -2.11. The Hall–Kier alpha value is -6.12. The molecule has 1 heterocycles. The van der Waals surface area contributed by atoms with Gasteiger partial charge in [0.05, 0.1) is 0 Å². The zero-order valence-corrected chi connectivity index (χ0v) is 29.3. The summed E-state index contributed by atoms with van der Waals surface area (Å²) in [6.07, 6.45) is 0. The molecule has 0 bridgehead atoms. The van der Waals surface area contributed by atoms with Crippen molar-refractivity contribution in [3.63, 3.8) is 0 Å². The van der Waals surface area contributed by atoms with Crippen molar-refractivity contribution in [3.05, 3.63) is 163 Å². The van der Waals surface area contributed by atoms with Crippen LogP contribution in [0.1, 0.15) is 31.9 Å². The lowest BCUT2D eigenvalue weighted by atomic mass is 9.77. The Morgan fingerprint density at radius 2 is 1.02 bits per heavy atom. The molecule has 0 unspecified atom stereocenters. The van der Waals surface area contributed by atoms with Crippen LogP contribution in [-0.4, -0.2) is 0 Å². The summed E-state index contributed by atoms with van der Waals surface area (Å²) in [5.74, 6) is 0. The summed E-state index contributed by atoms with van der Waals surface area (Å²) >= 11 is 0. The summed E-state index contributed by atoms with van der Waals surface area (Å²) in [7, 11) is 0. The van der Waals surface area contributed by atoms with Crippen LogP contribution in [0.4, 0.5) is 17.1 Å². The van der Waals surface area contributed by atoms with Crippen LogP contribution in [0, 0.1) is 6.92 Å². The predicted octanol–water partition coefficient (Wildman–Crippen LogP) is 14.3. The van der Waals surface area contributed by atoms with E-state index in [1.54, 1.807) is 0 Å². The molecule has 51 heavy (non-hydrogen) atoms. The van der Waals surface area contributed by atoms with Crippen molar-refractivity contribution in [3.8, 4) is 33.4 Å². The third-order valence-electron chi connectivity index (χ3n) is 10.8. The third-order valence-corrected chi connectivity index (χ3v) is 10.8. The molecular formula is C49H37NO. The highest BCUT2D eigenvalue weighted by molar-refractivity contribution is 6.12. The first kappa shape index (κ1) is 29.8. The van der Waals surface area contributed by atoms with Gasteiger partial charge in [-0.25, -0.2) is 0 Å². The molecular weight excluding hydrogens is 619 g/mol. The van der Waals surface area contributed by atoms with Gasteiger partial charge < -0.3 is 9.32 Å². The first-order chi connectivity index (χ1) is 24.8. The van der Waals surface area contributed by atoms with Crippen molar-refractivity contribution in [2.24, 2.45) is 0 Å². The van der Waals surface area contributed by atoms with Gasteiger partial charge in [-0.05, 0) is 145 Å². The van der Waals surface area contributed by atoms with E-state index in [4.69, 9.17) is 4.42 Å². The number of nitrogens with zero attached hydrogens (tertiary/aromatic N) is 1. The third kappa shape index (κ3) is 4.78. The fourth-order valence-electron chi connectivity index (χ4n) is 7.99. The van der Waals surface area contributed by atoms with E-state index in [9.17, 15) is 0 Å². The number of furan rings is 1. The fraction of sp³-hybridized carbons (Fsp3) is 0.102. The van der Waals surface area contributed by atoms with E-state index < -0.39 is 0 Å². The molecule has 0 amide bonds. The molecule has 2 nitrogen and oxygen atoms in total. The minimum atomic E-state index is 0.144. The van der Waals surface area contributed by atoms with Crippen molar-refractivity contribution in [1.82, 2.24) is 0 Å². The van der Waals surface area contributed by atoms with E-state index in [-0.39, 0.29) is 5.41 Å². The number of hydrogen-bond donors (Lipinski definition) is 0. The van der Waals surface area contributed by atoms with Crippen LogP contribution in [0.5, 0.6) is 0 Å². The molecule has 0 aliphatic heterocycles. The second-order valence-electron chi connectivity index (χ2n) is 15.1. The maximum atomic E-state index is 6.34. The number of anilines is 3. The van der Waals surface area contributed by atoms with Gasteiger partial charge >= 0.3 is 0 Å².